The van der Waals surface area contributed by atoms with Crippen molar-refractivity contribution in [2.75, 3.05) is 16.9 Å². The Balaban J connectivity index is 2.41. The molecule has 0 bridgehead atoms. The minimum absolute atomic E-state index is 0.0462. The minimum Gasteiger partial charge on any atom is -0.325 e. The molecule has 0 unspecified atom stereocenters. The molecule has 0 heterocycles. The van der Waals surface area contributed by atoms with Gasteiger partial charge >= 0.3 is 0 Å². The van der Waals surface area contributed by atoms with Crippen LogP contribution in [0.15, 0.2) is 30.3 Å². The van der Waals surface area contributed by atoms with Crippen LogP contribution in [0.2, 0.25) is 0 Å². The Morgan fingerprint density at radius 1 is 1.32 bits per heavy atom. The Labute approximate surface area is 122 Å². The van der Waals surface area contributed by atoms with E-state index in [0.29, 0.717) is 0 Å². The van der Waals surface area contributed by atoms with Gasteiger partial charge in [0.15, 0.2) is 5.12 Å². The molecule has 1 rings (SSSR count). The van der Waals surface area contributed by atoms with Gasteiger partial charge in [0.25, 0.3) is 0 Å². The average Bonchev–Trinajstić information content (AvgIpc) is 2.39. The third kappa shape index (κ3) is 7.03. The molecule has 0 saturated heterocycles. The van der Waals surface area contributed by atoms with Gasteiger partial charge in [0.2, 0.25) is 5.91 Å². The molecule has 102 valence electrons. The van der Waals surface area contributed by atoms with Crippen LogP contribution in [-0.4, -0.2) is 22.7 Å². The molecule has 1 aromatic rings. The van der Waals surface area contributed by atoms with Gasteiger partial charge in [-0.05, 0) is 24.1 Å². The predicted molar refractivity (Wildman–Crippen MR) is 82.6 cm³/mol. The van der Waals surface area contributed by atoms with Gasteiger partial charge in [-0.15, -0.1) is 11.6 Å². The highest BCUT2D eigenvalue weighted by Crippen LogP contribution is 2.12. The number of rotatable bonds is 6. The number of allylic oxidation sites excluding steroid dienone is 1. The first-order valence-corrected chi connectivity index (χ1v) is 7.39. The summed E-state index contributed by atoms with van der Waals surface area (Å²) in [5.41, 5.74) is 1.78. The Morgan fingerprint density at radius 2 is 2.00 bits per heavy atom. The zero-order valence-electron chi connectivity index (χ0n) is 10.7. The summed E-state index contributed by atoms with van der Waals surface area (Å²) in [5.74, 6) is 0.539. The molecule has 0 aliphatic heterocycles. The molecule has 5 heteroatoms. The molecular weight excluding hydrogens is 282 g/mol. The second-order valence-corrected chi connectivity index (χ2v) is 5.37. The second kappa shape index (κ2) is 8.77. The van der Waals surface area contributed by atoms with Gasteiger partial charge in [0.1, 0.15) is 5.88 Å². The molecule has 1 amide bonds. The molecule has 0 aliphatic carbocycles. The minimum atomic E-state index is -0.216. The molecule has 0 atom stereocenters. The lowest BCUT2D eigenvalue weighted by Crippen LogP contribution is -2.12. The maximum Gasteiger partial charge on any atom is 0.239 e. The van der Waals surface area contributed by atoms with E-state index in [-0.39, 0.29) is 16.9 Å². The number of hydrogen-bond acceptors (Lipinski definition) is 3. The first-order chi connectivity index (χ1) is 9.11. The number of anilines is 1. The number of carbonyl (C=O) groups excluding carboxylic acids is 2. The molecule has 0 fully saturated rings. The van der Waals surface area contributed by atoms with Crippen LogP contribution in [0.1, 0.15) is 18.9 Å². The van der Waals surface area contributed by atoms with Gasteiger partial charge in [-0.2, -0.15) is 0 Å². The van der Waals surface area contributed by atoms with E-state index in [0.717, 1.165) is 23.4 Å². The number of halogens is 1. The number of benzene rings is 1. The fraction of sp³-hybridized carbons (Fsp3) is 0.286. The first-order valence-electron chi connectivity index (χ1n) is 5.87. The predicted octanol–water partition coefficient (Wildman–Crippen LogP) is 3.55. The van der Waals surface area contributed by atoms with Crippen molar-refractivity contribution in [3.8, 4) is 0 Å². The Morgan fingerprint density at radius 3 is 2.58 bits per heavy atom. The lowest BCUT2D eigenvalue weighted by atomic mass is 10.2. The van der Waals surface area contributed by atoms with Crippen molar-refractivity contribution in [2.45, 2.75) is 13.3 Å². The molecule has 0 aliphatic rings. The summed E-state index contributed by atoms with van der Waals surface area (Å²) in [7, 11) is 0. The molecule has 0 radical (unpaired) electrons. The normalized spacial score (nSPS) is 10.6. The average molecular weight is 298 g/mol. The van der Waals surface area contributed by atoms with Crippen molar-refractivity contribution in [1.29, 1.82) is 0 Å². The molecule has 1 N–H and O–H groups in total. The summed E-state index contributed by atoms with van der Waals surface area (Å²) < 4.78 is 0. The van der Waals surface area contributed by atoms with Crippen molar-refractivity contribution < 1.29 is 9.59 Å². The van der Waals surface area contributed by atoms with Gasteiger partial charge in [-0.1, -0.05) is 36.0 Å². The van der Waals surface area contributed by atoms with E-state index in [9.17, 15) is 9.59 Å². The SMILES string of the molecule is CC(=O)SCCC=Cc1ccc(NC(=O)CCl)cc1. The number of alkyl halides is 1. The monoisotopic (exact) mass is 297 g/mol. The van der Waals surface area contributed by atoms with Crippen LogP contribution in [0, 0.1) is 0 Å². The van der Waals surface area contributed by atoms with Crippen molar-refractivity contribution in [2.24, 2.45) is 0 Å². The third-order valence-corrected chi connectivity index (χ3v) is 3.31. The highest BCUT2D eigenvalue weighted by atomic mass is 35.5. The van der Waals surface area contributed by atoms with E-state index in [1.165, 1.54) is 11.8 Å². The van der Waals surface area contributed by atoms with Gasteiger partial charge in [0.05, 0.1) is 0 Å². The maximum atomic E-state index is 11.1. The Hall–Kier alpha value is -1.26. The van der Waals surface area contributed by atoms with E-state index < -0.39 is 0 Å². The van der Waals surface area contributed by atoms with Crippen molar-refractivity contribution >= 4 is 46.1 Å². The molecule has 0 spiro atoms. The van der Waals surface area contributed by atoms with Crippen LogP contribution in [0.5, 0.6) is 0 Å². The largest absolute Gasteiger partial charge is 0.325 e. The highest BCUT2D eigenvalue weighted by Gasteiger charge is 1.98. The maximum absolute atomic E-state index is 11.1. The second-order valence-electron chi connectivity index (χ2n) is 3.83. The van der Waals surface area contributed by atoms with Crippen LogP contribution in [0.4, 0.5) is 5.69 Å². The third-order valence-electron chi connectivity index (χ3n) is 2.22. The standard InChI is InChI=1S/C14H16ClNO2S/c1-11(17)19-9-3-2-4-12-5-7-13(8-6-12)16-14(18)10-15/h2,4-8H,3,9-10H2,1H3,(H,16,18). The number of hydrogen-bond donors (Lipinski definition) is 1. The van der Waals surface area contributed by atoms with E-state index in [2.05, 4.69) is 5.32 Å². The van der Waals surface area contributed by atoms with Crippen molar-refractivity contribution in [3.05, 3.63) is 35.9 Å². The van der Waals surface area contributed by atoms with Crippen LogP contribution in [0.3, 0.4) is 0 Å². The summed E-state index contributed by atoms with van der Waals surface area (Å²) in [5, 5.41) is 2.82. The van der Waals surface area contributed by atoms with E-state index >= 15 is 0 Å². The molecular formula is C14H16ClNO2S. The van der Waals surface area contributed by atoms with Gasteiger partial charge in [0, 0.05) is 18.4 Å². The zero-order valence-corrected chi connectivity index (χ0v) is 12.3. The topological polar surface area (TPSA) is 46.2 Å². The van der Waals surface area contributed by atoms with Crippen molar-refractivity contribution in [3.63, 3.8) is 0 Å². The summed E-state index contributed by atoms with van der Waals surface area (Å²) in [6.45, 7) is 1.57. The van der Waals surface area contributed by atoms with E-state index in [1.54, 1.807) is 6.92 Å². The van der Waals surface area contributed by atoms with Gasteiger partial charge in [-0.3, -0.25) is 9.59 Å². The molecule has 0 aromatic heterocycles. The number of amides is 1. The fourth-order valence-corrected chi connectivity index (χ4v) is 1.97. The molecule has 3 nitrogen and oxygen atoms in total. The molecule has 1 aromatic carbocycles. The number of carbonyl (C=O) groups is 2. The quantitative estimate of drug-likeness (QED) is 0.645. The molecule has 19 heavy (non-hydrogen) atoms. The Bertz CT molecular complexity index is 457. The summed E-state index contributed by atoms with van der Waals surface area (Å²) >= 11 is 6.73. The van der Waals surface area contributed by atoms with E-state index in [1.807, 2.05) is 36.4 Å². The zero-order chi connectivity index (χ0) is 14.1. The van der Waals surface area contributed by atoms with Gasteiger partial charge < -0.3 is 5.32 Å². The lowest BCUT2D eigenvalue weighted by molar-refractivity contribution is -0.114. The number of nitrogens with one attached hydrogen (secondary N) is 1. The van der Waals surface area contributed by atoms with Crippen LogP contribution >= 0.6 is 23.4 Å². The van der Waals surface area contributed by atoms with Crippen molar-refractivity contribution in [1.82, 2.24) is 0 Å². The van der Waals surface area contributed by atoms with E-state index in [4.69, 9.17) is 11.6 Å². The molecule has 0 saturated carbocycles. The Kier molecular flexibility index (Phi) is 7.30. The summed E-state index contributed by atoms with van der Waals surface area (Å²) in [6, 6.07) is 7.49. The fourth-order valence-electron chi connectivity index (χ4n) is 1.36. The highest BCUT2D eigenvalue weighted by molar-refractivity contribution is 8.13. The summed E-state index contributed by atoms with van der Waals surface area (Å²) in [6.07, 6.45) is 4.88. The van der Waals surface area contributed by atoms with Crippen LogP contribution in [-0.2, 0) is 9.59 Å². The lowest BCUT2D eigenvalue weighted by Gasteiger charge is -2.02. The number of thioether (sulfide) groups is 1. The smallest absolute Gasteiger partial charge is 0.239 e. The van der Waals surface area contributed by atoms with Crippen LogP contribution in [0.25, 0.3) is 6.08 Å². The van der Waals surface area contributed by atoms with Gasteiger partial charge in [-0.25, -0.2) is 0 Å². The first kappa shape index (κ1) is 15.8. The summed E-state index contributed by atoms with van der Waals surface area (Å²) in [4.78, 5) is 21.8. The van der Waals surface area contributed by atoms with Crippen LogP contribution < -0.4 is 5.32 Å².